The number of hydrogen-bond acceptors (Lipinski definition) is 8. The number of aromatic nitrogens is 5. The first kappa shape index (κ1) is 15.6. The van der Waals surface area contributed by atoms with E-state index in [2.05, 4.69) is 30.7 Å². The van der Waals surface area contributed by atoms with E-state index in [4.69, 9.17) is 0 Å². The maximum Gasteiger partial charge on any atom is 0.287 e. The van der Waals surface area contributed by atoms with Crippen molar-refractivity contribution in [1.82, 2.24) is 24.6 Å². The van der Waals surface area contributed by atoms with Crippen molar-refractivity contribution in [1.29, 1.82) is 0 Å². The summed E-state index contributed by atoms with van der Waals surface area (Å²) in [5.74, 6) is 1.96. The van der Waals surface area contributed by atoms with Crippen LogP contribution in [-0.4, -0.2) is 42.6 Å². The van der Waals surface area contributed by atoms with Gasteiger partial charge in [0.15, 0.2) is 0 Å². The van der Waals surface area contributed by atoms with Gasteiger partial charge in [0.1, 0.15) is 24.2 Å². The molecule has 24 heavy (non-hydrogen) atoms. The molecular weight excluding hydrogens is 312 g/mol. The van der Waals surface area contributed by atoms with E-state index in [-0.39, 0.29) is 5.69 Å². The third kappa shape index (κ3) is 3.21. The highest BCUT2D eigenvalue weighted by Gasteiger charge is 2.09. The van der Waals surface area contributed by atoms with Crippen LogP contribution >= 0.6 is 0 Å². The quantitative estimate of drug-likeness (QED) is 0.397. The van der Waals surface area contributed by atoms with Gasteiger partial charge in [-0.05, 0) is 19.4 Å². The van der Waals surface area contributed by atoms with Gasteiger partial charge in [-0.1, -0.05) is 0 Å². The maximum atomic E-state index is 10.7. The average molecular weight is 328 g/mol. The molecule has 0 unspecified atom stereocenters. The Hall–Kier alpha value is -3.30. The van der Waals surface area contributed by atoms with Gasteiger partial charge in [0.2, 0.25) is 0 Å². The molecule has 124 valence electrons. The van der Waals surface area contributed by atoms with Gasteiger partial charge in [0.05, 0.1) is 4.92 Å². The van der Waals surface area contributed by atoms with Crippen LogP contribution in [0, 0.1) is 24.0 Å². The van der Waals surface area contributed by atoms with Crippen LogP contribution in [0.4, 0.5) is 17.3 Å². The summed E-state index contributed by atoms with van der Waals surface area (Å²) in [5, 5.41) is 21.2. The second kappa shape index (κ2) is 6.44. The zero-order valence-corrected chi connectivity index (χ0v) is 13.2. The van der Waals surface area contributed by atoms with E-state index in [1.807, 2.05) is 13.0 Å². The standard InChI is InChI=1S/C14H16N8O2/c1-9-5-11(22(23)24)7-17-13(9)16-4-3-15-12-6-10(2)20-14-18-8-19-21(12)14/h5-8,15H,3-4H2,1-2H3,(H,16,17). The summed E-state index contributed by atoms with van der Waals surface area (Å²) in [6.07, 6.45) is 2.70. The number of nitrogens with one attached hydrogen (secondary N) is 2. The summed E-state index contributed by atoms with van der Waals surface area (Å²) in [5.41, 5.74) is 1.55. The molecule has 10 nitrogen and oxygen atoms in total. The fraction of sp³-hybridized carbons (Fsp3) is 0.286. The highest BCUT2D eigenvalue weighted by Crippen LogP contribution is 2.17. The van der Waals surface area contributed by atoms with Crippen LogP contribution in [-0.2, 0) is 0 Å². The van der Waals surface area contributed by atoms with Crippen LogP contribution in [0.2, 0.25) is 0 Å². The van der Waals surface area contributed by atoms with Crippen LogP contribution in [0.3, 0.4) is 0 Å². The van der Waals surface area contributed by atoms with Crippen molar-refractivity contribution in [3.8, 4) is 0 Å². The topological polar surface area (TPSA) is 123 Å². The molecular formula is C14H16N8O2. The number of anilines is 2. The zero-order chi connectivity index (χ0) is 17.1. The Balaban J connectivity index is 1.61. The second-order valence-electron chi connectivity index (χ2n) is 5.22. The molecule has 0 aromatic carbocycles. The number of nitrogens with zero attached hydrogens (tertiary/aromatic N) is 6. The van der Waals surface area contributed by atoms with Crippen molar-refractivity contribution < 1.29 is 4.92 Å². The number of fused-ring (bicyclic) bond motifs is 1. The van der Waals surface area contributed by atoms with E-state index in [0.29, 0.717) is 24.7 Å². The van der Waals surface area contributed by atoms with Crippen LogP contribution in [0.25, 0.3) is 5.78 Å². The lowest BCUT2D eigenvalue weighted by Crippen LogP contribution is -2.17. The molecule has 10 heteroatoms. The smallest absolute Gasteiger partial charge is 0.287 e. The van der Waals surface area contributed by atoms with E-state index in [9.17, 15) is 10.1 Å². The van der Waals surface area contributed by atoms with Crippen LogP contribution in [0.1, 0.15) is 11.3 Å². The number of pyridine rings is 1. The summed E-state index contributed by atoms with van der Waals surface area (Å²) >= 11 is 0. The first-order chi connectivity index (χ1) is 11.5. The van der Waals surface area contributed by atoms with Gasteiger partial charge in [-0.25, -0.2) is 9.97 Å². The number of rotatable bonds is 6. The highest BCUT2D eigenvalue weighted by molar-refractivity contribution is 5.49. The van der Waals surface area contributed by atoms with Gasteiger partial charge in [-0.2, -0.15) is 14.6 Å². The van der Waals surface area contributed by atoms with E-state index in [0.717, 1.165) is 17.1 Å². The zero-order valence-electron chi connectivity index (χ0n) is 13.2. The van der Waals surface area contributed by atoms with Crippen LogP contribution in [0.15, 0.2) is 24.7 Å². The molecule has 0 amide bonds. The fourth-order valence-electron chi connectivity index (χ4n) is 2.27. The summed E-state index contributed by atoms with van der Waals surface area (Å²) in [7, 11) is 0. The molecule has 0 atom stereocenters. The Kier molecular flexibility index (Phi) is 4.18. The number of nitro groups is 1. The third-order valence-electron chi connectivity index (χ3n) is 3.38. The Bertz CT molecular complexity index is 892. The Morgan fingerprint density at radius 1 is 1.21 bits per heavy atom. The lowest BCUT2D eigenvalue weighted by atomic mass is 10.2. The molecule has 2 N–H and O–H groups in total. The maximum absolute atomic E-state index is 10.7. The lowest BCUT2D eigenvalue weighted by Gasteiger charge is -2.11. The molecule has 0 aliphatic carbocycles. The number of hydrogen-bond donors (Lipinski definition) is 2. The Morgan fingerprint density at radius 2 is 2.00 bits per heavy atom. The molecule has 3 rings (SSSR count). The first-order valence-electron chi connectivity index (χ1n) is 7.31. The predicted octanol–water partition coefficient (Wildman–Crippen LogP) is 1.57. The highest BCUT2D eigenvalue weighted by atomic mass is 16.6. The van der Waals surface area contributed by atoms with E-state index < -0.39 is 4.92 Å². The molecule has 3 aromatic rings. The largest absolute Gasteiger partial charge is 0.368 e. The van der Waals surface area contributed by atoms with Gasteiger partial charge in [-0.3, -0.25) is 10.1 Å². The lowest BCUT2D eigenvalue weighted by molar-refractivity contribution is -0.385. The van der Waals surface area contributed by atoms with Gasteiger partial charge >= 0.3 is 0 Å². The van der Waals surface area contributed by atoms with Gasteiger partial charge in [-0.15, -0.1) is 0 Å². The van der Waals surface area contributed by atoms with Crippen LogP contribution in [0.5, 0.6) is 0 Å². The normalized spacial score (nSPS) is 10.8. The monoisotopic (exact) mass is 328 g/mol. The molecule has 3 aromatic heterocycles. The summed E-state index contributed by atoms with van der Waals surface area (Å²) in [6, 6.07) is 3.38. The fourth-order valence-corrected chi connectivity index (χ4v) is 2.27. The van der Waals surface area contributed by atoms with E-state index in [1.54, 1.807) is 11.4 Å². The van der Waals surface area contributed by atoms with Crippen molar-refractivity contribution in [3.63, 3.8) is 0 Å². The van der Waals surface area contributed by atoms with Crippen molar-refractivity contribution in [2.45, 2.75) is 13.8 Å². The van der Waals surface area contributed by atoms with Crippen molar-refractivity contribution in [2.24, 2.45) is 0 Å². The van der Waals surface area contributed by atoms with E-state index in [1.165, 1.54) is 18.6 Å². The minimum absolute atomic E-state index is 0.0167. The van der Waals surface area contributed by atoms with Crippen LogP contribution < -0.4 is 10.6 Å². The Labute approximate surface area is 137 Å². The predicted molar refractivity (Wildman–Crippen MR) is 88.1 cm³/mol. The molecule has 0 aliphatic rings. The molecule has 3 heterocycles. The molecule has 0 aliphatic heterocycles. The van der Waals surface area contributed by atoms with Crippen molar-refractivity contribution in [2.75, 3.05) is 23.7 Å². The SMILES string of the molecule is Cc1cc(NCCNc2ncc([N+](=O)[O-])cc2C)n2ncnc2n1. The Morgan fingerprint density at radius 3 is 2.75 bits per heavy atom. The van der Waals surface area contributed by atoms with E-state index >= 15 is 0 Å². The molecule has 0 radical (unpaired) electrons. The minimum Gasteiger partial charge on any atom is -0.368 e. The van der Waals surface area contributed by atoms with Gasteiger partial charge in [0, 0.05) is 30.9 Å². The van der Waals surface area contributed by atoms with Gasteiger partial charge < -0.3 is 10.6 Å². The molecule has 0 bridgehead atoms. The summed E-state index contributed by atoms with van der Waals surface area (Å²) < 4.78 is 1.63. The van der Waals surface area contributed by atoms with Gasteiger partial charge in [0.25, 0.3) is 11.5 Å². The molecule has 0 spiro atoms. The average Bonchev–Trinajstić information content (AvgIpc) is 3.00. The van der Waals surface area contributed by atoms with Crippen molar-refractivity contribution >= 4 is 23.1 Å². The molecule has 0 saturated heterocycles. The van der Waals surface area contributed by atoms with Crippen molar-refractivity contribution in [3.05, 3.63) is 46.0 Å². The minimum atomic E-state index is -0.458. The second-order valence-corrected chi connectivity index (χ2v) is 5.22. The molecule has 0 fully saturated rings. The third-order valence-corrected chi connectivity index (χ3v) is 3.38. The summed E-state index contributed by atoms with van der Waals surface area (Å²) in [6.45, 7) is 4.86. The molecule has 0 saturated carbocycles. The summed E-state index contributed by atoms with van der Waals surface area (Å²) in [4.78, 5) is 22.7. The number of aryl methyl sites for hydroxylation is 2. The first-order valence-corrected chi connectivity index (χ1v) is 7.31.